The van der Waals surface area contributed by atoms with E-state index in [9.17, 15) is 0 Å². The van der Waals surface area contributed by atoms with Gasteiger partial charge in [0.15, 0.2) is 11.5 Å². The number of benzene rings is 1. The molecule has 7 heteroatoms. The third-order valence-corrected chi connectivity index (χ3v) is 6.09. The summed E-state index contributed by atoms with van der Waals surface area (Å²) in [6.07, 6.45) is 3.52. The van der Waals surface area contributed by atoms with Crippen LogP contribution in [0.15, 0.2) is 23.6 Å². The molecule has 0 aliphatic carbocycles. The van der Waals surface area contributed by atoms with Gasteiger partial charge in [-0.2, -0.15) is 0 Å². The van der Waals surface area contributed by atoms with Crippen LogP contribution in [0.3, 0.4) is 0 Å². The van der Waals surface area contributed by atoms with Crippen molar-refractivity contribution in [2.75, 3.05) is 40.1 Å². The van der Waals surface area contributed by atoms with Gasteiger partial charge in [-0.05, 0) is 50.6 Å². The highest BCUT2D eigenvalue weighted by Crippen LogP contribution is 2.36. The van der Waals surface area contributed by atoms with E-state index in [1.54, 1.807) is 18.4 Å². The number of likely N-dealkylation sites (tertiary alicyclic amines) is 1. The summed E-state index contributed by atoms with van der Waals surface area (Å²) in [4.78, 5) is 7.33. The van der Waals surface area contributed by atoms with Gasteiger partial charge in [0.05, 0.1) is 5.69 Å². The Bertz CT molecular complexity index is 744. The Kier molecular flexibility index (Phi) is 6.24. The van der Waals surface area contributed by atoms with Gasteiger partial charge in [-0.1, -0.05) is 0 Å². The normalized spacial score (nSPS) is 17.5. The summed E-state index contributed by atoms with van der Waals surface area (Å²) in [5.74, 6) is 1.62. The van der Waals surface area contributed by atoms with Gasteiger partial charge < -0.3 is 24.4 Å². The van der Waals surface area contributed by atoms with Crippen LogP contribution in [0, 0.1) is 0 Å². The lowest BCUT2D eigenvalue weighted by atomic mass is 10.0. The highest BCUT2D eigenvalue weighted by molar-refractivity contribution is 7.13. The zero-order chi connectivity index (χ0) is 18.5. The number of hydrogen-bond acceptors (Lipinski definition) is 7. The molecule has 1 fully saturated rings. The highest BCUT2D eigenvalue weighted by Gasteiger charge is 2.19. The van der Waals surface area contributed by atoms with Gasteiger partial charge in [-0.25, -0.2) is 4.98 Å². The van der Waals surface area contributed by atoms with Crippen LogP contribution in [0.2, 0.25) is 0 Å². The quantitative estimate of drug-likeness (QED) is 0.700. The van der Waals surface area contributed by atoms with Crippen LogP contribution in [-0.2, 0) is 11.3 Å². The summed E-state index contributed by atoms with van der Waals surface area (Å²) >= 11 is 1.68. The average molecular weight is 390 g/mol. The molecule has 0 bridgehead atoms. The van der Waals surface area contributed by atoms with Crippen molar-refractivity contribution in [2.24, 2.45) is 0 Å². The molecule has 0 atom stereocenters. The molecule has 6 nitrogen and oxygen atoms in total. The van der Waals surface area contributed by atoms with E-state index in [0.717, 1.165) is 53.9 Å². The van der Waals surface area contributed by atoms with Crippen molar-refractivity contribution in [1.29, 1.82) is 0 Å². The van der Waals surface area contributed by atoms with Crippen LogP contribution in [0.4, 0.5) is 0 Å². The molecule has 4 rings (SSSR count). The Hall–Kier alpha value is -1.67. The first-order valence-corrected chi connectivity index (χ1v) is 10.5. The number of aromatic nitrogens is 1. The van der Waals surface area contributed by atoms with Crippen LogP contribution >= 0.6 is 11.3 Å². The number of fused-ring (bicyclic) bond motifs is 1. The van der Waals surface area contributed by atoms with Crippen molar-refractivity contribution in [3.05, 3.63) is 29.3 Å². The second kappa shape index (κ2) is 9.01. The first-order chi connectivity index (χ1) is 13.3. The van der Waals surface area contributed by atoms with E-state index in [0.29, 0.717) is 12.8 Å². The van der Waals surface area contributed by atoms with Crippen LogP contribution in [0.1, 0.15) is 25.0 Å². The fourth-order valence-corrected chi connectivity index (χ4v) is 4.41. The SMILES string of the molecule is COCCCN1CCC(NCc2csc(-c3ccc4c(c3)OCO4)n2)CC1. The van der Waals surface area contributed by atoms with Crippen molar-refractivity contribution in [3.8, 4) is 22.1 Å². The fourth-order valence-electron chi connectivity index (χ4n) is 3.59. The van der Waals surface area contributed by atoms with Gasteiger partial charge in [-0.3, -0.25) is 0 Å². The minimum absolute atomic E-state index is 0.303. The summed E-state index contributed by atoms with van der Waals surface area (Å²) < 4.78 is 16.0. The average Bonchev–Trinajstić information content (AvgIpc) is 3.36. The van der Waals surface area contributed by atoms with E-state index in [-0.39, 0.29) is 0 Å². The predicted octanol–water partition coefficient (Wildman–Crippen LogP) is 3.13. The van der Waals surface area contributed by atoms with Gasteiger partial charge in [0.25, 0.3) is 0 Å². The number of piperidine rings is 1. The number of nitrogens with zero attached hydrogens (tertiary/aromatic N) is 2. The summed E-state index contributed by atoms with van der Waals surface area (Å²) in [7, 11) is 1.77. The van der Waals surface area contributed by atoms with E-state index in [2.05, 4.69) is 15.6 Å². The minimum Gasteiger partial charge on any atom is -0.454 e. The molecule has 0 radical (unpaired) electrons. The second-order valence-corrected chi connectivity index (χ2v) is 7.91. The first-order valence-electron chi connectivity index (χ1n) is 9.61. The molecule has 146 valence electrons. The Labute approximate surface area is 164 Å². The van der Waals surface area contributed by atoms with Crippen LogP contribution in [-0.4, -0.2) is 56.1 Å². The van der Waals surface area contributed by atoms with Crippen molar-refractivity contribution < 1.29 is 14.2 Å². The Balaban J connectivity index is 1.25. The van der Waals surface area contributed by atoms with Gasteiger partial charge in [0, 0.05) is 43.8 Å². The summed E-state index contributed by atoms with van der Waals surface area (Å²) in [6.45, 7) is 5.47. The molecule has 2 aliphatic rings. The fraction of sp³-hybridized carbons (Fsp3) is 0.550. The molecular formula is C20H27N3O3S. The van der Waals surface area contributed by atoms with Gasteiger partial charge >= 0.3 is 0 Å². The molecule has 1 aromatic carbocycles. The standard InChI is InChI=1S/C20H27N3O3S/c1-24-10-2-7-23-8-5-16(6-9-23)21-12-17-13-27-20(22-17)15-3-4-18-19(11-15)26-14-25-18/h3-4,11,13,16,21H,2,5-10,12,14H2,1H3. The van der Waals surface area contributed by atoms with Crippen LogP contribution in [0.5, 0.6) is 11.5 Å². The maximum Gasteiger partial charge on any atom is 0.231 e. The molecule has 2 aliphatic heterocycles. The lowest BCUT2D eigenvalue weighted by Gasteiger charge is -2.32. The van der Waals surface area contributed by atoms with Crippen molar-refractivity contribution >= 4 is 11.3 Å². The number of rotatable bonds is 8. The summed E-state index contributed by atoms with van der Waals surface area (Å²) in [5, 5.41) is 6.85. The van der Waals surface area contributed by atoms with Gasteiger partial charge in [0.1, 0.15) is 5.01 Å². The van der Waals surface area contributed by atoms with Gasteiger partial charge in [0.2, 0.25) is 6.79 Å². The molecule has 0 spiro atoms. The van der Waals surface area contributed by atoms with Crippen LogP contribution in [0.25, 0.3) is 10.6 Å². The van der Waals surface area contributed by atoms with Crippen molar-refractivity contribution in [1.82, 2.24) is 15.2 Å². The largest absolute Gasteiger partial charge is 0.454 e. The number of thiazole rings is 1. The van der Waals surface area contributed by atoms with Crippen molar-refractivity contribution in [3.63, 3.8) is 0 Å². The lowest BCUT2D eigenvalue weighted by Crippen LogP contribution is -2.42. The smallest absolute Gasteiger partial charge is 0.231 e. The third-order valence-electron chi connectivity index (χ3n) is 5.15. The van der Waals surface area contributed by atoms with E-state index >= 15 is 0 Å². The first kappa shape index (κ1) is 18.7. The number of methoxy groups -OCH3 is 1. The zero-order valence-corrected chi connectivity index (χ0v) is 16.6. The summed E-state index contributed by atoms with van der Waals surface area (Å²) in [5.41, 5.74) is 2.19. The lowest BCUT2D eigenvalue weighted by molar-refractivity contribution is 0.152. The molecule has 0 saturated carbocycles. The topological polar surface area (TPSA) is 55.9 Å². The Morgan fingerprint density at radius 2 is 2.11 bits per heavy atom. The van der Waals surface area contributed by atoms with Gasteiger partial charge in [-0.15, -0.1) is 11.3 Å². The maximum atomic E-state index is 5.47. The highest BCUT2D eigenvalue weighted by atomic mass is 32.1. The van der Waals surface area contributed by atoms with E-state index in [1.807, 2.05) is 18.2 Å². The number of nitrogens with one attached hydrogen (secondary N) is 1. The monoisotopic (exact) mass is 389 g/mol. The number of hydrogen-bond donors (Lipinski definition) is 1. The predicted molar refractivity (Wildman–Crippen MR) is 106 cm³/mol. The molecule has 27 heavy (non-hydrogen) atoms. The van der Waals surface area contributed by atoms with Crippen LogP contribution < -0.4 is 14.8 Å². The molecule has 3 heterocycles. The Morgan fingerprint density at radius 3 is 2.96 bits per heavy atom. The third kappa shape index (κ3) is 4.79. The van der Waals surface area contributed by atoms with E-state index in [1.165, 1.54) is 25.9 Å². The maximum absolute atomic E-state index is 5.47. The molecule has 1 saturated heterocycles. The Morgan fingerprint density at radius 1 is 1.26 bits per heavy atom. The summed E-state index contributed by atoms with van der Waals surface area (Å²) in [6, 6.07) is 6.59. The minimum atomic E-state index is 0.303. The molecule has 2 aromatic rings. The number of ether oxygens (including phenoxy) is 3. The molecule has 0 unspecified atom stereocenters. The second-order valence-electron chi connectivity index (χ2n) is 7.06. The molecule has 0 amide bonds. The molecule has 1 N–H and O–H groups in total. The molecule has 1 aromatic heterocycles. The van der Waals surface area contributed by atoms with E-state index < -0.39 is 0 Å². The van der Waals surface area contributed by atoms with E-state index in [4.69, 9.17) is 19.2 Å². The zero-order valence-electron chi connectivity index (χ0n) is 15.8. The molecular weight excluding hydrogens is 362 g/mol. The van der Waals surface area contributed by atoms with Crippen molar-refractivity contribution in [2.45, 2.75) is 31.8 Å².